The number of fused-ring (bicyclic) bond motifs is 1. The van der Waals surface area contributed by atoms with Crippen molar-refractivity contribution in [2.75, 3.05) is 55.0 Å². The van der Waals surface area contributed by atoms with Crippen molar-refractivity contribution in [2.24, 2.45) is 0 Å². The number of rotatable bonds is 3. The number of nitrogens with zero attached hydrogens (tertiary/aromatic N) is 7. The van der Waals surface area contributed by atoms with Gasteiger partial charge in [-0.2, -0.15) is 0 Å². The normalized spacial score (nSPS) is 17.4. The molecule has 7 heteroatoms. The van der Waals surface area contributed by atoms with E-state index in [-0.39, 0.29) is 0 Å². The predicted molar refractivity (Wildman–Crippen MR) is 99.5 cm³/mol. The molecule has 2 aromatic rings. The van der Waals surface area contributed by atoms with Crippen LogP contribution < -0.4 is 14.7 Å². The second kappa shape index (κ2) is 6.82. The first-order valence-corrected chi connectivity index (χ1v) is 9.06. The highest BCUT2D eigenvalue weighted by molar-refractivity contribution is 5.52. The van der Waals surface area contributed by atoms with Crippen LogP contribution in [0.5, 0.6) is 0 Å². The molecule has 0 saturated carbocycles. The van der Waals surface area contributed by atoms with Crippen molar-refractivity contribution in [2.45, 2.75) is 25.7 Å². The SMILES string of the molecule is CN(C)c1ccc(N2CCN(c3ncnc4c3CCCC4)CC2)nn1. The van der Waals surface area contributed by atoms with Gasteiger partial charge in [0.1, 0.15) is 12.1 Å². The summed E-state index contributed by atoms with van der Waals surface area (Å²) in [6.07, 6.45) is 6.44. The minimum Gasteiger partial charge on any atom is -0.361 e. The molecule has 2 aromatic heterocycles. The van der Waals surface area contributed by atoms with E-state index >= 15 is 0 Å². The second-order valence-corrected chi connectivity index (χ2v) is 6.95. The molecule has 132 valence electrons. The first kappa shape index (κ1) is 16.1. The Morgan fingerprint density at radius 2 is 1.64 bits per heavy atom. The summed E-state index contributed by atoms with van der Waals surface area (Å²) in [6, 6.07) is 4.08. The van der Waals surface area contributed by atoms with Crippen molar-refractivity contribution in [1.29, 1.82) is 0 Å². The topological polar surface area (TPSA) is 61.3 Å². The summed E-state index contributed by atoms with van der Waals surface area (Å²) in [6.45, 7) is 3.80. The molecule has 1 saturated heterocycles. The maximum atomic E-state index is 4.61. The van der Waals surface area contributed by atoms with Gasteiger partial charge in [-0.15, -0.1) is 10.2 Å². The van der Waals surface area contributed by atoms with E-state index in [1.807, 2.05) is 25.1 Å². The minimum atomic E-state index is 0.884. The van der Waals surface area contributed by atoms with Gasteiger partial charge in [0.2, 0.25) is 0 Å². The molecule has 3 heterocycles. The average molecular weight is 339 g/mol. The van der Waals surface area contributed by atoms with Crippen LogP contribution in [-0.2, 0) is 12.8 Å². The Morgan fingerprint density at radius 3 is 2.36 bits per heavy atom. The Morgan fingerprint density at radius 1 is 0.880 bits per heavy atom. The lowest BCUT2D eigenvalue weighted by Gasteiger charge is -2.37. The molecule has 0 unspecified atom stereocenters. The zero-order valence-corrected chi connectivity index (χ0v) is 15.0. The van der Waals surface area contributed by atoms with Gasteiger partial charge >= 0.3 is 0 Å². The van der Waals surface area contributed by atoms with Crippen LogP contribution in [0, 0.1) is 0 Å². The van der Waals surface area contributed by atoms with Crippen LogP contribution in [0.3, 0.4) is 0 Å². The van der Waals surface area contributed by atoms with Crippen molar-refractivity contribution < 1.29 is 0 Å². The highest BCUT2D eigenvalue weighted by atomic mass is 15.3. The van der Waals surface area contributed by atoms with E-state index in [1.165, 1.54) is 24.1 Å². The van der Waals surface area contributed by atoms with Gasteiger partial charge in [-0.05, 0) is 37.8 Å². The monoisotopic (exact) mass is 339 g/mol. The molecule has 25 heavy (non-hydrogen) atoms. The largest absolute Gasteiger partial charge is 0.361 e. The summed E-state index contributed by atoms with van der Waals surface area (Å²) >= 11 is 0. The van der Waals surface area contributed by atoms with Gasteiger partial charge in [-0.25, -0.2) is 9.97 Å². The molecular formula is C18H25N7. The van der Waals surface area contributed by atoms with Crippen molar-refractivity contribution in [3.63, 3.8) is 0 Å². The molecule has 4 rings (SSSR count). The number of anilines is 3. The van der Waals surface area contributed by atoms with Gasteiger partial charge in [-0.1, -0.05) is 0 Å². The first-order chi connectivity index (χ1) is 12.2. The van der Waals surface area contributed by atoms with Gasteiger partial charge in [0.25, 0.3) is 0 Å². The third-order valence-corrected chi connectivity index (χ3v) is 5.10. The zero-order chi connectivity index (χ0) is 17.2. The molecule has 0 radical (unpaired) electrons. The van der Waals surface area contributed by atoms with Crippen LogP contribution in [0.15, 0.2) is 18.5 Å². The van der Waals surface area contributed by atoms with Crippen molar-refractivity contribution in [3.8, 4) is 0 Å². The van der Waals surface area contributed by atoms with Gasteiger partial charge in [0.05, 0.1) is 0 Å². The van der Waals surface area contributed by atoms with Gasteiger partial charge in [0, 0.05) is 51.5 Å². The number of aromatic nitrogens is 4. The van der Waals surface area contributed by atoms with Crippen LogP contribution in [0.4, 0.5) is 17.5 Å². The fraction of sp³-hybridized carbons (Fsp3) is 0.556. The lowest BCUT2D eigenvalue weighted by molar-refractivity contribution is 0.618. The summed E-state index contributed by atoms with van der Waals surface area (Å²) < 4.78 is 0. The van der Waals surface area contributed by atoms with E-state index in [1.54, 1.807) is 6.33 Å². The predicted octanol–water partition coefficient (Wildman–Crippen LogP) is 1.54. The smallest absolute Gasteiger partial charge is 0.151 e. The summed E-state index contributed by atoms with van der Waals surface area (Å²) in [5.74, 6) is 2.99. The van der Waals surface area contributed by atoms with E-state index in [2.05, 4.69) is 36.0 Å². The molecule has 0 bridgehead atoms. The fourth-order valence-electron chi connectivity index (χ4n) is 3.65. The zero-order valence-electron chi connectivity index (χ0n) is 15.0. The average Bonchev–Trinajstić information content (AvgIpc) is 2.68. The summed E-state index contributed by atoms with van der Waals surface area (Å²) in [4.78, 5) is 15.8. The maximum absolute atomic E-state index is 4.61. The number of piperazine rings is 1. The highest BCUT2D eigenvalue weighted by Gasteiger charge is 2.24. The molecule has 1 aliphatic carbocycles. The van der Waals surface area contributed by atoms with Crippen LogP contribution in [0.1, 0.15) is 24.1 Å². The van der Waals surface area contributed by atoms with Crippen molar-refractivity contribution in [1.82, 2.24) is 20.2 Å². The van der Waals surface area contributed by atoms with Gasteiger partial charge in [0.15, 0.2) is 11.6 Å². The summed E-state index contributed by atoms with van der Waals surface area (Å²) in [7, 11) is 3.95. The first-order valence-electron chi connectivity index (χ1n) is 9.06. The third kappa shape index (κ3) is 3.23. The lowest BCUT2D eigenvalue weighted by Crippen LogP contribution is -2.47. The summed E-state index contributed by atoms with van der Waals surface area (Å²) in [5.41, 5.74) is 2.63. The van der Waals surface area contributed by atoms with Crippen LogP contribution >= 0.6 is 0 Å². The van der Waals surface area contributed by atoms with E-state index in [9.17, 15) is 0 Å². The minimum absolute atomic E-state index is 0.884. The quantitative estimate of drug-likeness (QED) is 0.840. The molecule has 0 aromatic carbocycles. The molecule has 2 aliphatic rings. The van der Waals surface area contributed by atoms with E-state index in [0.29, 0.717) is 0 Å². The number of hydrogen-bond donors (Lipinski definition) is 0. The van der Waals surface area contributed by atoms with Crippen LogP contribution in [0.2, 0.25) is 0 Å². The molecule has 0 spiro atoms. The molecule has 0 amide bonds. The van der Waals surface area contributed by atoms with Crippen molar-refractivity contribution >= 4 is 17.5 Å². The number of aryl methyl sites for hydroxylation is 1. The number of hydrogen-bond acceptors (Lipinski definition) is 7. The van der Waals surface area contributed by atoms with Gasteiger partial charge in [-0.3, -0.25) is 0 Å². The molecule has 7 nitrogen and oxygen atoms in total. The Balaban J connectivity index is 1.45. The molecule has 0 N–H and O–H groups in total. The second-order valence-electron chi connectivity index (χ2n) is 6.95. The molecule has 0 atom stereocenters. The molecular weight excluding hydrogens is 314 g/mol. The molecule has 1 fully saturated rings. The Hall–Kier alpha value is -2.44. The highest BCUT2D eigenvalue weighted by Crippen LogP contribution is 2.28. The van der Waals surface area contributed by atoms with Gasteiger partial charge < -0.3 is 14.7 Å². The van der Waals surface area contributed by atoms with E-state index in [0.717, 1.165) is 56.5 Å². The maximum Gasteiger partial charge on any atom is 0.151 e. The molecule has 1 aliphatic heterocycles. The lowest BCUT2D eigenvalue weighted by atomic mass is 9.96. The summed E-state index contributed by atoms with van der Waals surface area (Å²) in [5, 5.41) is 8.67. The Labute approximate surface area is 148 Å². The van der Waals surface area contributed by atoms with E-state index < -0.39 is 0 Å². The fourth-order valence-corrected chi connectivity index (χ4v) is 3.65. The van der Waals surface area contributed by atoms with E-state index in [4.69, 9.17) is 0 Å². The van der Waals surface area contributed by atoms with Crippen molar-refractivity contribution in [3.05, 3.63) is 29.7 Å². The third-order valence-electron chi connectivity index (χ3n) is 5.10. The van der Waals surface area contributed by atoms with Crippen LogP contribution in [0.25, 0.3) is 0 Å². The Kier molecular flexibility index (Phi) is 4.38. The standard InChI is InChI=1S/C18H25N7/c1-23(2)16-7-8-17(22-21-16)24-9-11-25(12-10-24)18-14-5-3-4-6-15(14)19-13-20-18/h7-8,13H,3-6,9-12H2,1-2H3. The van der Waals surface area contributed by atoms with Crippen LogP contribution in [-0.4, -0.2) is 60.4 Å². The Bertz CT molecular complexity index is 721.